The maximum atomic E-state index is 12.3. The average molecular weight is 465 g/mol. The van der Waals surface area contributed by atoms with Crippen LogP contribution in [0.15, 0.2) is 46.9 Å². The minimum atomic E-state index is -0.152. The van der Waals surface area contributed by atoms with E-state index in [0.717, 1.165) is 13.6 Å². The zero-order chi connectivity index (χ0) is 14.7. The molecule has 2 nitrogen and oxygen atoms in total. The van der Waals surface area contributed by atoms with Crippen LogP contribution >= 0.6 is 50.1 Å². The molecule has 0 bridgehead atoms. The summed E-state index contributed by atoms with van der Waals surface area (Å²) < 4.78 is 1.79. The summed E-state index contributed by atoms with van der Waals surface area (Å²) in [5.74, 6) is -0.122. The topological polar surface area (TPSA) is 29.1 Å². The number of amides is 1. The number of benzene rings is 2. The number of nitrogens with one attached hydrogen (secondary N) is 1. The lowest BCUT2D eigenvalue weighted by Gasteiger charge is -2.16. The summed E-state index contributed by atoms with van der Waals surface area (Å²) in [6.07, 6.45) is 0. The Hall–Kier alpha value is -0.590. The highest BCUT2D eigenvalue weighted by atomic mass is 127. The summed E-state index contributed by atoms with van der Waals surface area (Å²) in [5, 5.41) is 3.62. The first-order valence-corrected chi connectivity index (χ1v) is 8.24. The first kappa shape index (κ1) is 15.8. The van der Waals surface area contributed by atoms with E-state index >= 15 is 0 Å². The third kappa shape index (κ3) is 3.74. The Balaban J connectivity index is 2.20. The number of hydrogen-bond acceptors (Lipinski definition) is 1. The van der Waals surface area contributed by atoms with Crippen LogP contribution < -0.4 is 5.32 Å². The summed E-state index contributed by atoms with van der Waals surface area (Å²) in [5.41, 5.74) is 1.53. The summed E-state index contributed by atoms with van der Waals surface area (Å²) in [4.78, 5) is 12.3. The summed E-state index contributed by atoms with van der Waals surface area (Å²) in [7, 11) is 0. The van der Waals surface area contributed by atoms with Crippen LogP contribution in [0, 0.1) is 3.57 Å². The molecule has 0 heterocycles. The van der Waals surface area contributed by atoms with E-state index in [2.05, 4.69) is 43.8 Å². The van der Waals surface area contributed by atoms with Crippen molar-refractivity contribution < 1.29 is 4.79 Å². The van der Waals surface area contributed by atoms with Crippen LogP contribution in [-0.2, 0) is 0 Å². The van der Waals surface area contributed by atoms with Crippen LogP contribution in [0.4, 0.5) is 0 Å². The maximum absolute atomic E-state index is 12.3. The van der Waals surface area contributed by atoms with E-state index in [-0.39, 0.29) is 11.9 Å². The molecule has 0 aliphatic carbocycles. The van der Waals surface area contributed by atoms with E-state index in [0.29, 0.717) is 10.6 Å². The second-order valence-corrected chi connectivity index (χ2v) is 6.85. The number of carbonyl (C=O) groups is 1. The molecule has 2 aromatic rings. The van der Waals surface area contributed by atoms with Crippen LogP contribution in [0.3, 0.4) is 0 Å². The molecule has 0 aromatic heterocycles. The van der Waals surface area contributed by atoms with Gasteiger partial charge < -0.3 is 5.32 Å². The van der Waals surface area contributed by atoms with Crippen molar-refractivity contribution in [1.29, 1.82) is 0 Å². The first-order chi connectivity index (χ1) is 9.49. The second-order valence-electron chi connectivity index (χ2n) is 4.34. The van der Waals surface area contributed by atoms with Gasteiger partial charge in [-0.1, -0.05) is 29.8 Å². The Labute approximate surface area is 145 Å². The van der Waals surface area contributed by atoms with Gasteiger partial charge in [-0.2, -0.15) is 0 Å². The van der Waals surface area contributed by atoms with Crippen molar-refractivity contribution in [3.63, 3.8) is 0 Å². The SMILES string of the molecule is CC(NC(=O)c1cc(I)ccc1Br)c1ccccc1Cl. The zero-order valence-electron chi connectivity index (χ0n) is 10.7. The van der Waals surface area contributed by atoms with Gasteiger partial charge in [-0.25, -0.2) is 0 Å². The first-order valence-electron chi connectivity index (χ1n) is 5.99. The molecule has 0 spiro atoms. The van der Waals surface area contributed by atoms with E-state index in [9.17, 15) is 4.79 Å². The Morgan fingerprint density at radius 1 is 1.30 bits per heavy atom. The molecular formula is C15H12BrClINO. The van der Waals surface area contributed by atoms with Gasteiger partial charge in [0.2, 0.25) is 0 Å². The second kappa shape index (κ2) is 6.91. The molecule has 1 atom stereocenters. The molecule has 20 heavy (non-hydrogen) atoms. The van der Waals surface area contributed by atoms with Crippen molar-refractivity contribution in [2.75, 3.05) is 0 Å². The summed E-state index contributed by atoms with van der Waals surface area (Å²) in [6, 6.07) is 13.0. The van der Waals surface area contributed by atoms with Gasteiger partial charge in [0.15, 0.2) is 0 Å². The van der Waals surface area contributed by atoms with E-state index in [1.165, 1.54) is 0 Å². The summed E-state index contributed by atoms with van der Waals surface area (Å²) in [6.45, 7) is 1.92. The number of hydrogen-bond donors (Lipinski definition) is 1. The molecule has 1 unspecified atom stereocenters. The van der Waals surface area contributed by atoms with Crippen LogP contribution in [0.5, 0.6) is 0 Å². The normalized spacial score (nSPS) is 12.0. The van der Waals surface area contributed by atoms with Crippen molar-refractivity contribution in [1.82, 2.24) is 5.32 Å². The predicted octanol–water partition coefficient (Wildman–Crippen LogP) is 5.20. The van der Waals surface area contributed by atoms with Crippen molar-refractivity contribution in [2.24, 2.45) is 0 Å². The minimum Gasteiger partial charge on any atom is -0.345 e. The lowest BCUT2D eigenvalue weighted by Crippen LogP contribution is -2.27. The van der Waals surface area contributed by atoms with E-state index in [1.54, 1.807) is 0 Å². The third-order valence-corrected chi connectivity index (χ3v) is 4.60. The van der Waals surface area contributed by atoms with Gasteiger partial charge in [-0.3, -0.25) is 4.79 Å². The van der Waals surface area contributed by atoms with Crippen molar-refractivity contribution >= 4 is 56.0 Å². The number of carbonyl (C=O) groups excluding carboxylic acids is 1. The minimum absolute atomic E-state index is 0.122. The lowest BCUT2D eigenvalue weighted by atomic mass is 10.1. The fraction of sp³-hybridized carbons (Fsp3) is 0.133. The smallest absolute Gasteiger partial charge is 0.252 e. The molecule has 5 heteroatoms. The molecule has 0 aliphatic heterocycles. The zero-order valence-corrected chi connectivity index (χ0v) is 15.2. The maximum Gasteiger partial charge on any atom is 0.252 e. The fourth-order valence-electron chi connectivity index (χ4n) is 1.85. The molecule has 0 saturated heterocycles. The fourth-order valence-corrected chi connectivity index (χ4v) is 3.07. The third-order valence-electron chi connectivity index (χ3n) is 2.89. The molecule has 2 rings (SSSR count). The Morgan fingerprint density at radius 3 is 2.70 bits per heavy atom. The highest BCUT2D eigenvalue weighted by Crippen LogP contribution is 2.24. The van der Waals surface area contributed by atoms with Gasteiger partial charge in [-0.05, 0) is 75.3 Å². The van der Waals surface area contributed by atoms with E-state index in [4.69, 9.17) is 11.6 Å². The van der Waals surface area contributed by atoms with Gasteiger partial charge in [0.25, 0.3) is 5.91 Å². The van der Waals surface area contributed by atoms with Gasteiger partial charge in [0, 0.05) is 13.1 Å². The standard InChI is InChI=1S/C15H12BrClINO/c1-9(11-4-2-3-5-14(11)17)19-15(20)12-8-10(18)6-7-13(12)16/h2-9H,1H3,(H,19,20). The van der Waals surface area contributed by atoms with E-state index < -0.39 is 0 Å². The molecule has 1 N–H and O–H groups in total. The number of halogens is 3. The van der Waals surface area contributed by atoms with Gasteiger partial charge in [0.05, 0.1) is 11.6 Å². The number of rotatable bonds is 3. The highest BCUT2D eigenvalue weighted by molar-refractivity contribution is 14.1. The Kier molecular flexibility index (Phi) is 5.46. The quantitative estimate of drug-likeness (QED) is 0.622. The van der Waals surface area contributed by atoms with Crippen LogP contribution in [0.25, 0.3) is 0 Å². The van der Waals surface area contributed by atoms with Crippen molar-refractivity contribution in [2.45, 2.75) is 13.0 Å². The monoisotopic (exact) mass is 463 g/mol. The van der Waals surface area contributed by atoms with Crippen LogP contribution in [-0.4, -0.2) is 5.91 Å². The molecular weight excluding hydrogens is 452 g/mol. The Morgan fingerprint density at radius 2 is 2.00 bits per heavy atom. The average Bonchev–Trinajstić information content (AvgIpc) is 2.41. The van der Waals surface area contributed by atoms with Crippen LogP contribution in [0.1, 0.15) is 28.9 Å². The van der Waals surface area contributed by atoms with Crippen molar-refractivity contribution in [3.05, 3.63) is 66.7 Å². The molecule has 1 amide bonds. The highest BCUT2D eigenvalue weighted by Gasteiger charge is 2.15. The Bertz CT molecular complexity index is 648. The predicted molar refractivity (Wildman–Crippen MR) is 94.2 cm³/mol. The summed E-state index contributed by atoms with van der Waals surface area (Å²) >= 11 is 11.7. The molecule has 104 valence electrons. The molecule has 0 fully saturated rings. The van der Waals surface area contributed by atoms with E-state index in [1.807, 2.05) is 49.4 Å². The molecule has 2 aromatic carbocycles. The van der Waals surface area contributed by atoms with Gasteiger partial charge in [-0.15, -0.1) is 0 Å². The van der Waals surface area contributed by atoms with Gasteiger partial charge in [0.1, 0.15) is 0 Å². The molecule has 0 aliphatic rings. The molecule has 0 radical (unpaired) electrons. The van der Waals surface area contributed by atoms with Crippen molar-refractivity contribution in [3.8, 4) is 0 Å². The lowest BCUT2D eigenvalue weighted by molar-refractivity contribution is 0.0939. The van der Waals surface area contributed by atoms with Crippen LogP contribution in [0.2, 0.25) is 5.02 Å². The molecule has 0 saturated carbocycles. The largest absolute Gasteiger partial charge is 0.345 e. The van der Waals surface area contributed by atoms with Gasteiger partial charge >= 0.3 is 0 Å².